The molecule has 5 rings (SSSR count). The maximum Gasteiger partial charge on any atom is 0.305 e. The highest BCUT2D eigenvalue weighted by Crippen LogP contribution is 2.68. The predicted octanol–water partition coefficient (Wildman–Crippen LogP) is 6.80. The third-order valence-electron chi connectivity index (χ3n) is 12.4. The van der Waals surface area contributed by atoms with Crippen LogP contribution in [0.1, 0.15) is 97.0 Å². The Morgan fingerprint density at radius 1 is 1.03 bits per heavy atom. The predicted molar refractivity (Wildman–Crippen MR) is 154 cm³/mol. The molecule has 4 aliphatic rings. The molecule has 4 saturated carbocycles. The van der Waals surface area contributed by atoms with Crippen LogP contribution in [0.25, 0.3) is 0 Å². The summed E-state index contributed by atoms with van der Waals surface area (Å²) in [6.07, 6.45) is 13.5. The van der Waals surface area contributed by atoms with Crippen LogP contribution < -0.4 is 5.32 Å². The molecule has 2 N–H and O–H groups in total. The fraction of sp³-hybridized carbons (Fsp3) is 0.794. The van der Waals surface area contributed by atoms with Gasteiger partial charge in [0.15, 0.2) is 0 Å². The first-order valence-electron chi connectivity index (χ1n) is 15.8. The van der Waals surface area contributed by atoms with Crippen molar-refractivity contribution in [3.63, 3.8) is 0 Å². The second-order valence-corrected chi connectivity index (χ2v) is 14.1. The lowest BCUT2D eigenvalue weighted by Crippen LogP contribution is -2.59. The molecular formula is C34H53NO3. The van der Waals surface area contributed by atoms with Crippen molar-refractivity contribution in [1.82, 2.24) is 5.32 Å². The number of fused-ring (bicyclic) bond motifs is 5. The van der Waals surface area contributed by atoms with Crippen molar-refractivity contribution < 1.29 is 14.6 Å². The number of hydrogen-bond donors (Lipinski definition) is 2. The van der Waals surface area contributed by atoms with Gasteiger partial charge in [-0.2, -0.15) is 0 Å². The number of carbonyl (C=O) groups is 1. The fourth-order valence-corrected chi connectivity index (χ4v) is 10.4. The highest BCUT2D eigenvalue weighted by Gasteiger charge is 2.62. The Kier molecular flexibility index (Phi) is 8.60. The lowest BCUT2D eigenvalue weighted by molar-refractivity contribution is -0.162. The fourth-order valence-electron chi connectivity index (χ4n) is 10.4. The summed E-state index contributed by atoms with van der Waals surface area (Å²) in [4.78, 5) is 11.8. The van der Waals surface area contributed by atoms with Gasteiger partial charge in [0, 0.05) is 12.5 Å². The number of ether oxygens (including phenoxy) is 1. The summed E-state index contributed by atoms with van der Waals surface area (Å²) in [6, 6.07) is 11.4. The number of nitrogens with one attached hydrogen (secondary N) is 1. The molecule has 4 heteroatoms. The van der Waals surface area contributed by atoms with E-state index in [1.807, 2.05) is 0 Å². The Morgan fingerprint density at radius 2 is 1.76 bits per heavy atom. The number of aliphatic hydroxyl groups is 1. The van der Waals surface area contributed by atoms with Crippen LogP contribution in [0.2, 0.25) is 0 Å². The van der Waals surface area contributed by atoms with Crippen molar-refractivity contribution >= 4 is 5.97 Å². The smallest absolute Gasteiger partial charge is 0.305 e. The van der Waals surface area contributed by atoms with Crippen LogP contribution >= 0.6 is 0 Å². The van der Waals surface area contributed by atoms with Gasteiger partial charge < -0.3 is 15.2 Å². The van der Waals surface area contributed by atoms with E-state index < -0.39 is 0 Å². The summed E-state index contributed by atoms with van der Waals surface area (Å²) in [5.74, 6) is 3.77. The molecule has 1 aromatic carbocycles. The normalized spacial score (nSPS) is 41.0. The number of carbonyl (C=O) groups excluding carboxylic acids is 1. The Bertz CT molecular complexity index is 935. The molecule has 3 unspecified atom stereocenters. The van der Waals surface area contributed by atoms with E-state index in [1.54, 1.807) is 0 Å². The Labute approximate surface area is 231 Å². The molecule has 212 valence electrons. The molecular weight excluding hydrogens is 470 g/mol. The van der Waals surface area contributed by atoms with Crippen LogP contribution in [0.3, 0.4) is 0 Å². The number of rotatable bonds is 9. The number of hydrogen-bond acceptors (Lipinski definition) is 4. The summed E-state index contributed by atoms with van der Waals surface area (Å²) in [6.45, 7) is 8.56. The Balaban J connectivity index is 1.19. The van der Waals surface area contributed by atoms with Gasteiger partial charge in [0.25, 0.3) is 0 Å². The average Bonchev–Trinajstić information content (AvgIpc) is 3.28. The SMILES string of the molecule is COC(=O)CC[C@@H](C)[C@H]1CCC2C3C[C@@H](O)[C@@H]4C[C@@H](NCCCc5ccccc5)CC[C@]4(C)C3CC[C@@]21C. The molecule has 0 spiro atoms. The molecule has 1 aromatic rings. The van der Waals surface area contributed by atoms with Gasteiger partial charge in [-0.25, -0.2) is 0 Å². The summed E-state index contributed by atoms with van der Waals surface area (Å²) < 4.78 is 4.92. The lowest BCUT2D eigenvalue weighted by Gasteiger charge is -2.62. The first-order valence-corrected chi connectivity index (χ1v) is 15.8. The molecule has 38 heavy (non-hydrogen) atoms. The first kappa shape index (κ1) is 28.1. The molecule has 0 amide bonds. The zero-order valence-electron chi connectivity index (χ0n) is 24.5. The highest BCUT2D eigenvalue weighted by molar-refractivity contribution is 5.69. The largest absolute Gasteiger partial charge is 0.469 e. The van der Waals surface area contributed by atoms with Crippen molar-refractivity contribution in [2.45, 2.75) is 110 Å². The van der Waals surface area contributed by atoms with E-state index in [4.69, 9.17) is 4.74 Å². The van der Waals surface area contributed by atoms with Gasteiger partial charge in [0.1, 0.15) is 0 Å². The van der Waals surface area contributed by atoms with Gasteiger partial charge in [-0.3, -0.25) is 4.79 Å². The molecule has 0 saturated heterocycles. The minimum absolute atomic E-state index is 0.0732. The quantitative estimate of drug-likeness (QED) is 0.276. The summed E-state index contributed by atoms with van der Waals surface area (Å²) in [5, 5.41) is 15.5. The standard InChI is InChI=1S/C34H53NO3/c1-23(12-15-32(37)38-4)27-13-14-28-26-22-31(36)30-21-25(35-20-8-11-24-9-6-5-7-10-24)16-18-34(30,3)29(26)17-19-33(27,28)2/h5-7,9-10,23,25-31,35-36H,8,11-22H2,1-4H3/t23-,25+,26?,27-,28?,29?,30+,31-,33-,34-/m1/s1. The van der Waals surface area contributed by atoms with E-state index in [0.29, 0.717) is 41.5 Å². The molecule has 4 nitrogen and oxygen atoms in total. The van der Waals surface area contributed by atoms with Crippen LogP contribution in [0.4, 0.5) is 0 Å². The van der Waals surface area contributed by atoms with Gasteiger partial charge in [0.2, 0.25) is 0 Å². The number of benzene rings is 1. The highest BCUT2D eigenvalue weighted by atomic mass is 16.5. The molecule has 0 heterocycles. The molecule has 0 bridgehead atoms. The number of aliphatic hydroxyl groups excluding tert-OH is 1. The Morgan fingerprint density at radius 3 is 2.53 bits per heavy atom. The summed E-state index contributed by atoms with van der Waals surface area (Å²) >= 11 is 0. The maximum absolute atomic E-state index is 11.8. The van der Waals surface area contributed by atoms with Crippen LogP contribution in [0.5, 0.6) is 0 Å². The molecule has 0 radical (unpaired) electrons. The molecule has 0 aliphatic heterocycles. The van der Waals surface area contributed by atoms with Crippen molar-refractivity contribution in [2.24, 2.45) is 46.3 Å². The van der Waals surface area contributed by atoms with Crippen LogP contribution in [0, 0.1) is 46.3 Å². The van der Waals surface area contributed by atoms with Crippen LogP contribution in [-0.2, 0) is 16.0 Å². The first-order chi connectivity index (χ1) is 18.3. The summed E-state index contributed by atoms with van der Waals surface area (Å²) in [5.41, 5.74) is 2.06. The molecule has 4 fully saturated rings. The maximum atomic E-state index is 11.8. The third-order valence-corrected chi connectivity index (χ3v) is 12.4. The van der Waals surface area contributed by atoms with E-state index >= 15 is 0 Å². The van der Waals surface area contributed by atoms with E-state index in [1.165, 1.54) is 57.6 Å². The zero-order valence-corrected chi connectivity index (χ0v) is 24.5. The van der Waals surface area contributed by atoms with Crippen molar-refractivity contribution in [3.8, 4) is 0 Å². The second kappa shape index (κ2) is 11.6. The minimum Gasteiger partial charge on any atom is -0.469 e. The lowest BCUT2D eigenvalue weighted by atomic mass is 9.43. The third kappa shape index (κ3) is 5.33. The molecule has 0 aromatic heterocycles. The average molecular weight is 524 g/mol. The van der Waals surface area contributed by atoms with Crippen molar-refractivity contribution in [3.05, 3.63) is 35.9 Å². The van der Waals surface area contributed by atoms with Gasteiger partial charge in [-0.05, 0) is 129 Å². The van der Waals surface area contributed by atoms with Gasteiger partial charge in [-0.1, -0.05) is 51.1 Å². The van der Waals surface area contributed by atoms with Crippen LogP contribution in [-0.4, -0.2) is 36.9 Å². The van der Waals surface area contributed by atoms with E-state index in [9.17, 15) is 9.90 Å². The Hall–Kier alpha value is -1.39. The van der Waals surface area contributed by atoms with Gasteiger partial charge >= 0.3 is 5.97 Å². The van der Waals surface area contributed by atoms with Crippen LogP contribution in [0.15, 0.2) is 30.3 Å². The topological polar surface area (TPSA) is 58.6 Å². The van der Waals surface area contributed by atoms with Gasteiger partial charge in [0.05, 0.1) is 13.2 Å². The summed E-state index contributed by atoms with van der Waals surface area (Å²) in [7, 11) is 1.50. The zero-order chi connectivity index (χ0) is 26.9. The monoisotopic (exact) mass is 523 g/mol. The molecule has 10 atom stereocenters. The van der Waals surface area contributed by atoms with Crippen molar-refractivity contribution in [2.75, 3.05) is 13.7 Å². The minimum atomic E-state index is -0.159. The van der Waals surface area contributed by atoms with Crippen molar-refractivity contribution in [1.29, 1.82) is 0 Å². The number of aryl methyl sites for hydroxylation is 1. The number of methoxy groups -OCH3 is 1. The van der Waals surface area contributed by atoms with E-state index in [0.717, 1.165) is 44.1 Å². The van der Waals surface area contributed by atoms with E-state index in [2.05, 4.69) is 56.4 Å². The van der Waals surface area contributed by atoms with Gasteiger partial charge in [-0.15, -0.1) is 0 Å². The second-order valence-electron chi connectivity index (χ2n) is 14.1. The van der Waals surface area contributed by atoms with E-state index in [-0.39, 0.29) is 17.5 Å². The molecule has 4 aliphatic carbocycles. The number of esters is 1.